The predicted molar refractivity (Wildman–Crippen MR) is 8.31 cm³/mol. The molecule has 0 unspecified atom stereocenters. The Hall–Kier alpha value is -0.0305. The van der Waals surface area contributed by atoms with Gasteiger partial charge in [0.1, 0.15) is 0 Å². The molecule has 0 aliphatic carbocycles. The summed E-state index contributed by atoms with van der Waals surface area (Å²) in [5.41, 5.74) is 0. The van der Waals surface area contributed by atoms with E-state index >= 15 is 0 Å². The van der Waals surface area contributed by atoms with Crippen LogP contribution in [0.5, 0.6) is 0 Å². The third-order valence-corrected chi connectivity index (χ3v) is 0. The van der Waals surface area contributed by atoms with Crippen LogP contribution in [0.2, 0.25) is 0 Å². The molecule has 0 fully saturated rings. The number of hydrogen-bond donors (Lipinski definition) is 2. The van der Waals surface area contributed by atoms with E-state index in [4.69, 9.17) is 16.0 Å². The van der Waals surface area contributed by atoms with Gasteiger partial charge in [0, 0.05) is 0 Å². The van der Waals surface area contributed by atoms with E-state index in [-0.39, 0.29) is 4.70 Å². The summed E-state index contributed by atoms with van der Waals surface area (Å²) in [7, 11) is 0. The fourth-order valence-electron chi connectivity index (χ4n) is 0. The first kappa shape index (κ1) is 9.36. The summed E-state index contributed by atoms with van der Waals surface area (Å²) in [5.74, 6) is 0. The molecule has 0 amide bonds. The molecule has 0 spiro atoms. The van der Waals surface area contributed by atoms with Crippen LogP contribution in [0.3, 0.4) is 0 Å². The maximum absolute atomic E-state index is 8.80. The molecule has 0 aromatic heterocycles. The summed E-state index contributed by atoms with van der Waals surface area (Å²) in [6.45, 7) is 0. The summed E-state index contributed by atoms with van der Waals surface area (Å²) in [4.78, 5) is 0. The Morgan fingerprint density at radius 1 is 1.17 bits per heavy atom. The van der Waals surface area contributed by atoms with Gasteiger partial charge in [0.2, 0.25) is 0 Å². The van der Waals surface area contributed by atoms with Gasteiger partial charge < -0.3 is 0 Å². The molecule has 41 valence electrons. The van der Waals surface area contributed by atoms with Gasteiger partial charge >= 0.3 is 29.4 Å². The zero-order valence-electron chi connectivity index (χ0n) is 2.50. The quantitative estimate of drug-likeness (QED) is 0.415. The van der Waals surface area contributed by atoms with Crippen molar-refractivity contribution in [1.29, 1.82) is 0 Å². The van der Waals surface area contributed by atoms with Gasteiger partial charge in [-0.05, 0) is 0 Å². The van der Waals surface area contributed by atoms with Gasteiger partial charge in [0.15, 0.2) is 0 Å². The molecule has 2 N–H and O–H groups in total. The van der Waals surface area contributed by atoms with Crippen molar-refractivity contribution in [2.24, 2.45) is 0 Å². The summed E-state index contributed by atoms with van der Waals surface area (Å²) >= 11 is -5.12. The van der Waals surface area contributed by atoms with Gasteiger partial charge in [-0.1, -0.05) is 0 Å². The summed E-state index contributed by atoms with van der Waals surface area (Å²) in [6.07, 6.45) is 0. The zero-order chi connectivity index (χ0) is 4.50. The summed E-state index contributed by atoms with van der Waals surface area (Å²) in [6, 6.07) is 0. The van der Waals surface area contributed by atoms with Crippen molar-refractivity contribution in [3.05, 3.63) is 0 Å². The second-order valence-electron chi connectivity index (χ2n) is 0.415. The Labute approximate surface area is 35.1 Å². The van der Waals surface area contributed by atoms with E-state index in [0.717, 1.165) is 0 Å². The van der Waals surface area contributed by atoms with Crippen LogP contribution < -0.4 is 0 Å². The molecular formula is H3FMnO4. The van der Waals surface area contributed by atoms with Crippen LogP contribution in [0.4, 0.5) is 4.70 Å². The van der Waals surface area contributed by atoms with E-state index in [1.54, 1.807) is 0 Å². The molecule has 0 radical (unpaired) electrons. The average Bonchev–Trinajstić information content (AvgIpc) is 0.722. The first-order valence-corrected chi connectivity index (χ1v) is 2.67. The molecule has 0 heterocycles. The van der Waals surface area contributed by atoms with E-state index in [1.165, 1.54) is 0 Å². The average molecular weight is 141 g/mol. The molecule has 0 bridgehead atoms. The van der Waals surface area contributed by atoms with E-state index in [1.807, 2.05) is 0 Å². The molecule has 0 rings (SSSR count). The molecule has 0 aromatic carbocycles. The standard InChI is InChI=1S/FH.Mn.2H2O.2O/h1H;;2*1H2;;/q;+2;;;;/p-2. The topological polar surface area (TPSA) is 74.6 Å². The first-order valence-electron chi connectivity index (χ1n) is 0.647. The Morgan fingerprint density at radius 2 is 1.17 bits per heavy atom. The van der Waals surface area contributed by atoms with Crippen LogP contribution in [-0.4, -0.2) is 8.38 Å². The SMILES string of the molecule is F.[O]=[Mn](=[O])([OH])[OH]. The van der Waals surface area contributed by atoms with Crippen molar-refractivity contribution in [3.8, 4) is 0 Å². The molecular weight excluding hydrogens is 138 g/mol. The Kier molecular flexibility index (Phi) is 3.43. The van der Waals surface area contributed by atoms with E-state index in [9.17, 15) is 0 Å². The maximum atomic E-state index is 8.80. The predicted octanol–water partition coefficient (Wildman–Crippen LogP) is -1.20. The molecule has 6 heteroatoms. The third-order valence-electron chi connectivity index (χ3n) is 0. The van der Waals surface area contributed by atoms with Gasteiger partial charge in [-0.2, -0.15) is 0 Å². The van der Waals surface area contributed by atoms with Gasteiger partial charge in [-0.25, -0.2) is 0 Å². The second-order valence-corrected chi connectivity index (χ2v) is 1.71. The minimum atomic E-state index is -5.12. The Bertz CT molecular complexity index is 90.7. The molecule has 0 aromatic rings. The molecule has 0 aliphatic rings. The van der Waals surface area contributed by atoms with Crippen molar-refractivity contribution >= 4 is 0 Å². The third kappa shape index (κ3) is 37600. The zero-order valence-corrected chi connectivity index (χ0v) is 3.68. The van der Waals surface area contributed by atoms with E-state index in [0.29, 0.717) is 0 Å². The molecule has 0 saturated heterocycles. The van der Waals surface area contributed by atoms with E-state index < -0.39 is 13.4 Å². The minimum absolute atomic E-state index is 0. The van der Waals surface area contributed by atoms with Gasteiger partial charge in [0.25, 0.3) is 0 Å². The Balaban J connectivity index is 0. The van der Waals surface area contributed by atoms with Crippen molar-refractivity contribution in [3.63, 3.8) is 0 Å². The fourth-order valence-corrected chi connectivity index (χ4v) is 0. The van der Waals surface area contributed by atoms with Crippen LogP contribution in [0, 0.1) is 0 Å². The van der Waals surface area contributed by atoms with Crippen LogP contribution >= 0.6 is 0 Å². The molecule has 0 aliphatic heterocycles. The summed E-state index contributed by atoms with van der Waals surface area (Å²) < 4.78 is 31.8. The van der Waals surface area contributed by atoms with Crippen LogP contribution in [0.25, 0.3) is 0 Å². The van der Waals surface area contributed by atoms with Crippen LogP contribution in [-0.2, 0) is 21.0 Å². The monoisotopic (exact) mass is 141 g/mol. The summed E-state index contributed by atoms with van der Waals surface area (Å²) in [5, 5.41) is 0. The van der Waals surface area contributed by atoms with Gasteiger partial charge in [-0.3, -0.25) is 4.70 Å². The molecule has 0 saturated carbocycles. The number of hydrogen-bond acceptors (Lipinski definition) is 2. The number of halogens is 1. The second kappa shape index (κ2) is 2.20. The first-order chi connectivity index (χ1) is 2.00. The van der Waals surface area contributed by atoms with Crippen molar-refractivity contribution < 1.29 is 34.1 Å². The van der Waals surface area contributed by atoms with Gasteiger partial charge in [-0.15, -0.1) is 0 Å². The normalized spacial score (nSPS) is 9.67. The van der Waals surface area contributed by atoms with Gasteiger partial charge in [0.05, 0.1) is 0 Å². The van der Waals surface area contributed by atoms with E-state index in [2.05, 4.69) is 0 Å². The Morgan fingerprint density at radius 3 is 1.17 bits per heavy atom. The van der Waals surface area contributed by atoms with Crippen LogP contribution in [0.1, 0.15) is 0 Å². The van der Waals surface area contributed by atoms with Crippen LogP contribution in [0.15, 0.2) is 0 Å². The molecule has 0 atom stereocenters. The van der Waals surface area contributed by atoms with Crippen molar-refractivity contribution in [2.75, 3.05) is 0 Å². The number of rotatable bonds is 0. The van der Waals surface area contributed by atoms with Crippen molar-refractivity contribution in [1.82, 2.24) is 0 Å². The fraction of sp³-hybridized carbons (Fsp3) is 0. The van der Waals surface area contributed by atoms with Crippen molar-refractivity contribution in [2.45, 2.75) is 0 Å². The molecule has 6 heavy (non-hydrogen) atoms. The molecule has 4 nitrogen and oxygen atoms in total.